The van der Waals surface area contributed by atoms with Crippen molar-refractivity contribution in [3.63, 3.8) is 0 Å². The molecule has 0 aromatic heterocycles. The van der Waals surface area contributed by atoms with E-state index in [0.29, 0.717) is 17.8 Å². The first-order valence-electron chi connectivity index (χ1n) is 6.65. The van der Waals surface area contributed by atoms with Crippen molar-refractivity contribution < 1.29 is 9.72 Å². The number of carbonyl (C=O) groups is 1. The van der Waals surface area contributed by atoms with Crippen LogP contribution in [-0.2, 0) is 0 Å². The zero-order valence-corrected chi connectivity index (χ0v) is 11.3. The van der Waals surface area contributed by atoms with Crippen LogP contribution >= 0.6 is 0 Å². The predicted octanol–water partition coefficient (Wildman–Crippen LogP) is 1.12. The number of rotatable bonds is 5. The van der Waals surface area contributed by atoms with E-state index in [9.17, 15) is 14.9 Å². The molecule has 20 heavy (non-hydrogen) atoms. The quantitative estimate of drug-likeness (QED) is 0.554. The Kier molecular flexibility index (Phi) is 4.52. The van der Waals surface area contributed by atoms with Crippen LogP contribution in [0.25, 0.3) is 0 Å². The number of nitrogens with one attached hydrogen (secondary N) is 3. The maximum atomic E-state index is 11.7. The Bertz CT molecular complexity index is 512. The van der Waals surface area contributed by atoms with Crippen molar-refractivity contribution in [1.29, 1.82) is 0 Å². The van der Waals surface area contributed by atoms with Gasteiger partial charge in [0.25, 0.3) is 11.6 Å². The molecule has 1 heterocycles. The Morgan fingerprint density at radius 2 is 2.35 bits per heavy atom. The Balaban J connectivity index is 2.23. The number of benzene rings is 1. The average Bonchev–Trinajstić information content (AvgIpc) is 2.92. The number of carbonyl (C=O) groups excluding carboxylic acids is 1. The van der Waals surface area contributed by atoms with Crippen LogP contribution in [0.3, 0.4) is 0 Å². The summed E-state index contributed by atoms with van der Waals surface area (Å²) in [6.07, 6.45) is 0.926. The fourth-order valence-corrected chi connectivity index (χ4v) is 2.21. The molecular weight excluding hydrogens is 260 g/mol. The number of anilines is 1. The van der Waals surface area contributed by atoms with E-state index in [1.807, 2.05) is 0 Å². The molecule has 108 valence electrons. The van der Waals surface area contributed by atoms with Crippen molar-refractivity contribution in [3.05, 3.63) is 33.9 Å². The number of amides is 1. The average molecular weight is 278 g/mol. The number of hydrogen-bond donors (Lipinski definition) is 3. The number of hydrogen-bond acceptors (Lipinski definition) is 5. The van der Waals surface area contributed by atoms with Gasteiger partial charge in [0.2, 0.25) is 0 Å². The topological polar surface area (TPSA) is 96.3 Å². The van der Waals surface area contributed by atoms with Gasteiger partial charge in [-0.05, 0) is 32.0 Å². The molecule has 0 spiro atoms. The Morgan fingerprint density at radius 3 is 2.95 bits per heavy atom. The van der Waals surface area contributed by atoms with Gasteiger partial charge in [-0.25, -0.2) is 0 Å². The molecule has 1 saturated heterocycles. The van der Waals surface area contributed by atoms with E-state index in [1.54, 1.807) is 19.1 Å². The zero-order valence-electron chi connectivity index (χ0n) is 11.3. The summed E-state index contributed by atoms with van der Waals surface area (Å²) >= 11 is 0. The van der Waals surface area contributed by atoms with E-state index in [-0.39, 0.29) is 17.6 Å². The van der Waals surface area contributed by atoms with Crippen LogP contribution in [0.5, 0.6) is 0 Å². The lowest BCUT2D eigenvalue weighted by molar-refractivity contribution is -0.384. The van der Waals surface area contributed by atoms with E-state index < -0.39 is 4.92 Å². The molecule has 3 N–H and O–H groups in total. The molecule has 2 rings (SSSR count). The van der Waals surface area contributed by atoms with Crippen LogP contribution in [0.15, 0.2) is 18.2 Å². The lowest BCUT2D eigenvalue weighted by atomic mass is 10.1. The van der Waals surface area contributed by atoms with Gasteiger partial charge in [0.05, 0.1) is 4.92 Å². The Hall–Kier alpha value is -2.15. The lowest BCUT2D eigenvalue weighted by Gasteiger charge is -2.13. The molecule has 0 radical (unpaired) electrons. The maximum absolute atomic E-state index is 11.7. The molecule has 1 fully saturated rings. The first-order chi connectivity index (χ1) is 9.61. The SMILES string of the molecule is CCNC(=O)c1ccc(NC2CCNC2)c([N+](=O)[O-])c1. The third-order valence-corrected chi connectivity index (χ3v) is 3.21. The summed E-state index contributed by atoms with van der Waals surface area (Å²) < 4.78 is 0. The lowest BCUT2D eigenvalue weighted by Crippen LogP contribution is -2.24. The summed E-state index contributed by atoms with van der Waals surface area (Å²) in [5.41, 5.74) is 0.686. The monoisotopic (exact) mass is 278 g/mol. The van der Waals surface area contributed by atoms with Gasteiger partial charge in [-0.1, -0.05) is 0 Å². The van der Waals surface area contributed by atoms with Crippen molar-refractivity contribution in [2.45, 2.75) is 19.4 Å². The summed E-state index contributed by atoms with van der Waals surface area (Å²) in [4.78, 5) is 22.4. The van der Waals surface area contributed by atoms with E-state index >= 15 is 0 Å². The van der Waals surface area contributed by atoms with Gasteiger partial charge in [-0.2, -0.15) is 0 Å². The Morgan fingerprint density at radius 1 is 1.55 bits per heavy atom. The van der Waals surface area contributed by atoms with Crippen LogP contribution in [0.2, 0.25) is 0 Å². The van der Waals surface area contributed by atoms with Crippen LogP contribution in [0, 0.1) is 10.1 Å². The highest BCUT2D eigenvalue weighted by Gasteiger charge is 2.21. The van der Waals surface area contributed by atoms with Crippen LogP contribution in [0.4, 0.5) is 11.4 Å². The number of nitrogens with zero attached hydrogens (tertiary/aromatic N) is 1. The van der Waals surface area contributed by atoms with Gasteiger partial charge in [0, 0.05) is 30.8 Å². The zero-order chi connectivity index (χ0) is 14.5. The van der Waals surface area contributed by atoms with Gasteiger partial charge < -0.3 is 16.0 Å². The predicted molar refractivity (Wildman–Crippen MR) is 76.0 cm³/mol. The van der Waals surface area contributed by atoms with Crippen molar-refractivity contribution in [2.24, 2.45) is 0 Å². The second-order valence-electron chi connectivity index (χ2n) is 4.68. The molecule has 0 saturated carbocycles. The van der Waals surface area contributed by atoms with E-state index in [2.05, 4.69) is 16.0 Å². The van der Waals surface area contributed by atoms with Crippen LogP contribution < -0.4 is 16.0 Å². The van der Waals surface area contributed by atoms with Crippen molar-refractivity contribution in [1.82, 2.24) is 10.6 Å². The molecule has 7 heteroatoms. The molecule has 7 nitrogen and oxygen atoms in total. The summed E-state index contributed by atoms with van der Waals surface area (Å²) in [6, 6.07) is 4.70. The summed E-state index contributed by atoms with van der Waals surface area (Å²) in [5, 5.41) is 20.1. The fourth-order valence-electron chi connectivity index (χ4n) is 2.21. The molecule has 1 amide bonds. The van der Waals surface area contributed by atoms with Crippen LogP contribution in [-0.4, -0.2) is 36.5 Å². The highest BCUT2D eigenvalue weighted by atomic mass is 16.6. The molecule has 0 bridgehead atoms. The first kappa shape index (κ1) is 14.3. The van der Waals surface area contributed by atoms with Gasteiger partial charge in [0.15, 0.2) is 0 Å². The largest absolute Gasteiger partial charge is 0.375 e. The number of nitro benzene ring substituents is 1. The standard InChI is InChI=1S/C13H18N4O3/c1-2-15-13(18)9-3-4-11(12(7-9)17(19)20)16-10-5-6-14-8-10/h3-4,7,10,14,16H,2,5-6,8H2,1H3,(H,15,18). The summed E-state index contributed by atoms with van der Waals surface area (Å²) in [7, 11) is 0. The van der Waals surface area contributed by atoms with Crippen molar-refractivity contribution in [2.75, 3.05) is 25.0 Å². The third-order valence-electron chi connectivity index (χ3n) is 3.21. The minimum atomic E-state index is -0.465. The summed E-state index contributed by atoms with van der Waals surface area (Å²) in [6.45, 7) is 3.98. The highest BCUT2D eigenvalue weighted by Crippen LogP contribution is 2.27. The number of nitro groups is 1. The third kappa shape index (κ3) is 3.24. The molecule has 1 aromatic carbocycles. The molecule has 1 aliphatic heterocycles. The van der Waals surface area contributed by atoms with Gasteiger partial charge in [-0.3, -0.25) is 14.9 Å². The van der Waals surface area contributed by atoms with E-state index in [0.717, 1.165) is 19.5 Å². The smallest absolute Gasteiger partial charge is 0.293 e. The molecular formula is C13H18N4O3. The molecule has 1 atom stereocenters. The Labute approximate surface area is 116 Å². The molecule has 1 aliphatic rings. The molecule has 0 aliphatic carbocycles. The van der Waals surface area contributed by atoms with Crippen molar-refractivity contribution >= 4 is 17.3 Å². The normalized spacial score (nSPS) is 17.8. The van der Waals surface area contributed by atoms with E-state index in [4.69, 9.17) is 0 Å². The molecule has 1 unspecified atom stereocenters. The van der Waals surface area contributed by atoms with Gasteiger partial charge in [-0.15, -0.1) is 0 Å². The maximum Gasteiger partial charge on any atom is 0.293 e. The van der Waals surface area contributed by atoms with Gasteiger partial charge >= 0.3 is 0 Å². The second-order valence-corrected chi connectivity index (χ2v) is 4.68. The minimum Gasteiger partial charge on any atom is -0.375 e. The minimum absolute atomic E-state index is 0.0688. The summed E-state index contributed by atoms with van der Waals surface area (Å²) in [5.74, 6) is -0.301. The van der Waals surface area contributed by atoms with Crippen LogP contribution in [0.1, 0.15) is 23.7 Å². The van der Waals surface area contributed by atoms with Gasteiger partial charge in [0.1, 0.15) is 5.69 Å². The fraction of sp³-hybridized carbons (Fsp3) is 0.462. The van der Waals surface area contributed by atoms with E-state index in [1.165, 1.54) is 6.07 Å². The highest BCUT2D eigenvalue weighted by molar-refractivity contribution is 5.95. The second kappa shape index (κ2) is 6.33. The van der Waals surface area contributed by atoms with Crippen molar-refractivity contribution in [3.8, 4) is 0 Å². The molecule has 1 aromatic rings. The first-order valence-corrected chi connectivity index (χ1v) is 6.65.